The molecule has 6 nitrogen and oxygen atoms in total. The van der Waals surface area contributed by atoms with E-state index in [4.69, 9.17) is 9.72 Å². The number of aromatic nitrogens is 3. The fraction of sp³-hybridized carbons (Fsp3) is 0.207. The van der Waals surface area contributed by atoms with E-state index in [2.05, 4.69) is 4.98 Å². The van der Waals surface area contributed by atoms with E-state index in [1.54, 1.807) is 16.8 Å². The molecule has 0 spiro atoms. The molecule has 7 heteroatoms. The summed E-state index contributed by atoms with van der Waals surface area (Å²) in [5, 5.41) is 1.40. The molecule has 36 heavy (non-hydrogen) atoms. The normalized spacial score (nSPS) is 12.2. The number of Topliss-reactive ketones (excluding diaryl/α,β-unsaturated/α-hetero) is 1. The minimum Gasteiger partial charge on any atom is -0.382 e. The summed E-state index contributed by atoms with van der Waals surface area (Å²) in [6.45, 7) is 3.59. The third-order valence-electron chi connectivity index (χ3n) is 6.12. The topological polar surface area (TPSA) is 77.0 Å². The van der Waals surface area contributed by atoms with Crippen LogP contribution in [0.15, 0.2) is 95.0 Å². The maximum absolute atomic E-state index is 14.0. The van der Waals surface area contributed by atoms with Gasteiger partial charge in [-0.3, -0.25) is 14.2 Å². The molecule has 0 amide bonds. The number of hydrogen-bond acceptors (Lipinski definition) is 5. The van der Waals surface area contributed by atoms with Crippen molar-refractivity contribution in [3.63, 3.8) is 0 Å². The zero-order chi connectivity index (χ0) is 24.9. The number of para-hydroxylation sites is 2. The molecule has 1 N–H and O–H groups in total. The molecule has 0 bridgehead atoms. The summed E-state index contributed by atoms with van der Waals surface area (Å²) in [4.78, 5) is 35.6. The number of benzene rings is 3. The Hall–Kier alpha value is -3.68. The van der Waals surface area contributed by atoms with E-state index in [1.807, 2.05) is 79.7 Å². The van der Waals surface area contributed by atoms with E-state index < -0.39 is 5.25 Å². The van der Waals surface area contributed by atoms with Gasteiger partial charge in [0.05, 0.1) is 10.9 Å². The highest BCUT2D eigenvalue weighted by molar-refractivity contribution is 8.00. The van der Waals surface area contributed by atoms with Gasteiger partial charge in [-0.25, -0.2) is 4.98 Å². The molecule has 0 saturated carbocycles. The van der Waals surface area contributed by atoms with E-state index in [9.17, 15) is 9.59 Å². The van der Waals surface area contributed by atoms with Crippen molar-refractivity contribution in [3.05, 3.63) is 107 Å². The summed E-state index contributed by atoms with van der Waals surface area (Å²) in [6, 6.07) is 24.8. The van der Waals surface area contributed by atoms with Gasteiger partial charge in [0.1, 0.15) is 5.25 Å². The van der Waals surface area contributed by atoms with Crippen molar-refractivity contribution in [1.29, 1.82) is 0 Å². The number of rotatable bonds is 10. The average molecular weight is 498 g/mol. The predicted octanol–water partition coefficient (Wildman–Crippen LogP) is 6.02. The number of H-pyrrole nitrogens is 1. The minimum atomic E-state index is -0.573. The molecule has 0 aliphatic heterocycles. The first-order valence-electron chi connectivity index (χ1n) is 12.1. The molecule has 0 aliphatic carbocycles. The number of carbonyl (C=O) groups excluding carboxylic acids is 1. The highest BCUT2D eigenvalue weighted by Gasteiger charge is 2.28. The number of nitrogens with zero attached hydrogens (tertiary/aromatic N) is 2. The van der Waals surface area contributed by atoms with Crippen LogP contribution in [-0.4, -0.2) is 33.5 Å². The number of aromatic amines is 1. The molecule has 0 fully saturated rings. The van der Waals surface area contributed by atoms with E-state index >= 15 is 0 Å². The Bertz CT molecular complexity index is 1560. The van der Waals surface area contributed by atoms with Gasteiger partial charge in [-0.2, -0.15) is 0 Å². The van der Waals surface area contributed by atoms with Crippen LogP contribution in [0.5, 0.6) is 0 Å². The molecule has 0 aliphatic rings. The summed E-state index contributed by atoms with van der Waals surface area (Å²) in [5.41, 5.74) is 2.91. The molecular weight excluding hydrogens is 470 g/mol. The molecule has 2 heterocycles. The lowest BCUT2D eigenvalue weighted by molar-refractivity contribution is 0.0991. The minimum absolute atomic E-state index is 0.0353. The Morgan fingerprint density at radius 2 is 1.72 bits per heavy atom. The largest absolute Gasteiger partial charge is 0.382 e. The summed E-state index contributed by atoms with van der Waals surface area (Å²) in [5.74, 6) is -0.0353. The zero-order valence-electron chi connectivity index (χ0n) is 20.0. The van der Waals surface area contributed by atoms with Crippen molar-refractivity contribution in [1.82, 2.24) is 14.5 Å². The second-order valence-corrected chi connectivity index (χ2v) is 9.51. The second kappa shape index (κ2) is 10.9. The number of nitrogens with one attached hydrogen (secondary N) is 1. The first-order valence-corrected chi connectivity index (χ1v) is 12.9. The monoisotopic (exact) mass is 497 g/mol. The number of ether oxygens (including phenoxy) is 1. The SMILES string of the molecule is CCOCCCn1c(SC(C(=O)c2c[nH]c3ccccc23)c2ccccc2)nc2ccccc2c1=O. The van der Waals surface area contributed by atoms with Gasteiger partial charge in [0.25, 0.3) is 5.56 Å². The molecule has 0 saturated heterocycles. The van der Waals surface area contributed by atoms with Crippen molar-refractivity contribution < 1.29 is 9.53 Å². The summed E-state index contributed by atoms with van der Waals surface area (Å²) in [7, 11) is 0. The van der Waals surface area contributed by atoms with Gasteiger partial charge in [-0.05, 0) is 37.1 Å². The number of fused-ring (bicyclic) bond motifs is 2. The Labute approximate surface area is 213 Å². The summed E-state index contributed by atoms with van der Waals surface area (Å²) >= 11 is 1.32. The van der Waals surface area contributed by atoms with Crippen molar-refractivity contribution in [3.8, 4) is 0 Å². The third kappa shape index (κ3) is 4.85. The Morgan fingerprint density at radius 3 is 2.53 bits per heavy atom. The van der Waals surface area contributed by atoms with Crippen LogP contribution in [-0.2, 0) is 11.3 Å². The van der Waals surface area contributed by atoms with Gasteiger partial charge in [-0.1, -0.05) is 72.4 Å². The lowest BCUT2D eigenvalue weighted by atomic mass is 10.0. The number of hydrogen-bond donors (Lipinski definition) is 1. The maximum atomic E-state index is 14.0. The molecule has 2 aromatic heterocycles. The molecule has 3 aromatic carbocycles. The third-order valence-corrected chi connectivity index (χ3v) is 7.36. The molecule has 5 rings (SSSR count). The van der Waals surface area contributed by atoms with Gasteiger partial charge >= 0.3 is 0 Å². The van der Waals surface area contributed by atoms with E-state index in [0.29, 0.717) is 47.8 Å². The molecule has 1 unspecified atom stereocenters. The van der Waals surface area contributed by atoms with Crippen LogP contribution < -0.4 is 5.56 Å². The highest BCUT2D eigenvalue weighted by Crippen LogP contribution is 2.38. The zero-order valence-corrected chi connectivity index (χ0v) is 20.8. The quantitative estimate of drug-likeness (QED) is 0.110. The van der Waals surface area contributed by atoms with Gasteiger partial charge in [0.2, 0.25) is 0 Å². The Kier molecular flexibility index (Phi) is 7.30. The number of ketones is 1. The number of carbonyl (C=O) groups is 1. The van der Waals surface area contributed by atoms with Crippen LogP contribution in [0.2, 0.25) is 0 Å². The van der Waals surface area contributed by atoms with E-state index in [-0.39, 0.29) is 11.3 Å². The predicted molar refractivity (Wildman–Crippen MR) is 145 cm³/mol. The first kappa shape index (κ1) is 24.0. The van der Waals surface area contributed by atoms with E-state index in [0.717, 1.165) is 16.5 Å². The Morgan fingerprint density at radius 1 is 1.00 bits per heavy atom. The van der Waals surface area contributed by atoms with Crippen LogP contribution >= 0.6 is 11.8 Å². The molecule has 1 atom stereocenters. The molecular formula is C29H27N3O3S. The molecule has 0 radical (unpaired) electrons. The highest BCUT2D eigenvalue weighted by atomic mass is 32.2. The van der Waals surface area contributed by atoms with Crippen molar-refractivity contribution in [2.24, 2.45) is 0 Å². The van der Waals surface area contributed by atoms with E-state index in [1.165, 1.54) is 11.8 Å². The van der Waals surface area contributed by atoms with Crippen molar-refractivity contribution in [2.45, 2.75) is 30.3 Å². The van der Waals surface area contributed by atoms with Crippen molar-refractivity contribution >= 4 is 39.4 Å². The molecule has 5 aromatic rings. The Balaban J connectivity index is 1.59. The van der Waals surface area contributed by atoms with Gasteiger partial charge in [0.15, 0.2) is 10.9 Å². The van der Waals surface area contributed by atoms with Crippen LogP contribution in [0.3, 0.4) is 0 Å². The van der Waals surface area contributed by atoms with Gasteiger partial charge in [0, 0.05) is 42.4 Å². The first-order chi connectivity index (χ1) is 17.7. The summed E-state index contributed by atoms with van der Waals surface area (Å²) < 4.78 is 7.19. The maximum Gasteiger partial charge on any atom is 0.262 e. The lowest BCUT2D eigenvalue weighted by Gasteiger charge is -2.19. The van der Waals surface area contributed by atoms with Crippen LogP contribution in [0.4, 0.5) is 0 Å². The fourth-order valence-electron chi connectivity index (χ4n) is 4.33. The second-order valence-electron chi connectivity index (χ2n) is 8.44. The lowest BCUT2D eigenvalue weighted by Crippen LogP contribution is -2.25. The van der Waals surface area contributed by atoms with Crippen LogP contribution in [0, 0.1) is 0 Å². The number of thioether (sulfide) groups is 1. The van der Waals surface area contributed by atoms with Gasteiger partial charge < -0.3 is 9.72 Å². The fourth-order valence-corrected chi connectivity index (χ4v) is 5.52. The standard InChI is InChI=1S/C29H27N3O3S/c1-2-35-18-10-17-32-28(34)22-14-7-9-16-25(22)31-29(32)36-27(20-11-4-3-5-12-20)26(33)23-19-30-24-15-8-6-13-21(23)24/h3-9,11-16,19,27,30H,2,10,17-18H2,1H3. The average Bonchev–Trinajstić information content (AvgIpc) is 3.35. The molecule has 182 valence electrons. The van der Waals surface area contributed by atoms with Crippen LogP contribution in [0.1, 0.15) is 34.5 Å². The van der Waals surface area contributed by atoms with Crippen LogP contribution in [0.25, 0.3) is 21.8 Å². The van der Waals surface area contributed by atoms with Crippen molar-refractivity contribution in [2.75, 3.05) is 13.2 Å². The van der Waals surface area contributed by atoms with Gasteiger partial charge in [-0.15, -0.1) is 0 Å². The smallest absolute Gasteiger partial charge is 0.262 e. The summed E-state index contributed by atoms with van der Waals surface area (Å²) in [6.07, 6.45) is 2.44.